The summed E-state index contributed by atoms with van der Waals surface area (Å²) < 4.78 is 13.2. The van der Waals surface area contributed by atoms with Gasteiger partial charge in [0.2, 0.25) is 0 Å². The third-order valence-corrected chi connectivity index (χ3v) is 6.77. The molecule has 7 nitrogen and oxygen atoms in total. The Morgan fingerprint density at radius 1 is 1.21 bits per heavy atom. The van der Waals surface area contributed by atoms with Crippen LogP contribution in [0.15, 0.2) is 62.9 Å². The molecule has 0 unspecified atom stereocenters. The highest BCUT2D eigenvalue weighted by molar-refractivity contribution is 9.10. The molecule has 0 aliphatic rings. The smallest absolute Gasteiger partial charge is 0.282 e. The van der Waals surface area contributed by atoms with Crippen LogP contribution in [0.1, 0.15) is 43.4 Å². The van der Waals surface area contributed by atoms with Gasteiger partial charge >= 0.3 is 0 Å². The van der Waals surface area contributed by atoms with Crippen LogP contribution in [-0.2, 0) is 0 Å². The zero-order chi connectivity index (χ0) is 27.4. The fourth-order valence-corrected chi connectivity index (χ4v) is 5.09. The molecule has 194 valence electrons. The molecular formula is C29H26BrClN4O3. The molecule has 0 radical (unpaired) electrons. The van der Waals surface area contributed by atoms with E-state index in [-0.39, 0.29) is 18.1 Å². The maximum absolute atomic E-state index is 13.6. The average Bonchev–Trinajstić information content (AvgIpc) is 2.88. The molecule has 4 rings (SSSR count). The minimum atomic E-state index is -0.291. The molecular weight excluding hydrogens is 568 g/mol. The van der Waals surface area contributed by atoms with Crippen molar-refractivity contribution in [2.45, 2.75) is 33.6 Å². The Morgan fingerprint density at radius 3 is 2.66 bits per heavy atom. The second-order valence-electron chi connectivity index (χ2n) is 8.87. The summed E-state index contributed by atoms with van der Waals surface area (Å²) in [6.07, 6.45) is 1.54. The third kappa shape index (κ3) is 5.59. The molecule has 4 aromatic rings. The first-order valence-electron chi connectivity index (χ1n) is 12.1. The molecule has 0 bridgehead atoms. The normalized spacial score (nSPS) is 11.3. The van der Waals surface area contributed by atoms with Crippen LogP contribution < -0.4 is 15.0 Å². The lowest BCUT2D eigenvalue weighted by Gasteiger charge is -2.18. The van der Waals surface area contributed by atoms with Gasteiger partial charge in [0.25, 0.3) is 5.56 Å². The molecule has 0 aliphatic carbocycles. The number of para-hydroxylation sites is 1. The lowest BCUT2D eigenvalue weighted by atomic mass is 9.96. The number of nitriles is 1. The molecule has 0 amide bonds. The summed E-state index contributed by atoms with van der Waals surface area (Å²) in [7, 11) is 0. The highest BCUT2D eigenvalue weighted by atomic mass is 79.9. The van der Waals surface area contributed by atoms with Crippen molar-refractivity contribution in [3.63, 3.8) is 0 Å². The van der Waals surface area contributed by atoms with Crippen molar-refractivity contribution in [2.24, 2.45) is 5.10 Å². The molecule has 0 atom stereocenters. The van der Waals surface area contributed by atoms with E-state index in [4.69, 9.17) is 31.3 Å². The van der Waals surface area contributed by atoms with E-state index in [2.05, 4.69) is 34.9 Å². The van der Waals surface area contributed by atoms with Crippen molar-refractivity contribution >= 4 is 44.6 Å². The summed E-state index contributed by atoms with van der Waals surface area (Å²) in [4.78, 5) is 18.5. The minimum Gasteiger partial charge on any atom is -0.494 e. The van der Waals surface area contributed by atoms with Gasteiger partial charge in [0.05, 0.1) is 33.2 Å². The summed E-state index contributed by atoms with van der Waals surface area (Å²) in [6.45, 7) is 8.54. The number of fused-ring (bicyclic) bond motifs is 1. The first kappa shape index (κ1) is 27.4. The molecule has 0 fully saturated rings. The SMILES string of the molecule is CCOc1cc(C)c(-c2nc3ccccc3c(=O)n2N=Cc2cc(Cl)c(OCC#N)c(Br)c2)cc1C(C)C. The van der Waals surface area contributed by atoms with Crippen molar-refractivity contribution in [2.75, 3.05) is 13.2 Å². The number of halogens is 2. The van der Waals surface area contributed by atoms with E-state index in [0.29, 0.717) is 44.1 Å². The Bertz CT molecular complexity index is 1620. The van der Waals surface area contributed by atoms with Gasteiger partial charge in [-0.15, -0.1) is 0 Å². The number of aromatic nitrogens is 2. The summed E-state index contributed by atoms with van der Waals surface area (Å²) in [5, 5.41) is 14.1. The second kappa shape index (κ2) is 11.8. The molecule has 0 spiro atoms. The summed E-state index contributed by atoms with van der Waals surface area (Å²) in [5.74, 6) is 1.80. The van der Waals surface area contributed by atoms with Crippen molar-refractivity contribution in [3.8, 4) is 29.0 Å². The molecule has 1 heterocycles. The van der Waals surface area contributed by atoms with Crippen LogP contribution in [0.3, 0.4) is 0 Å². The van der Waals surface area contributed by atoms with Crippen LogP contribution in [-0.4, -0.2) is 29.1 Å². The van der Waals surface area contributed by atoms with Gasteiger partial charge in [-0.25, -0.2) is 4.98 Å². The van der Waals surface area contributed by atoms with E-state index >= 15 is 0 Å². The number of benzene rings is 3. The van der Waals surface area contributed by atoms with Gasteiger partial charge < -0.3 is 9.47 Å². The Hall–Kier alpha value is -3.67. The Morgan fingerprint density at radius 2 is 1.97 bits per heavy atom. The third-order valence-electron chi connectivity index (χ3n) is 5.90. The van der Waals surface area contributed by atoms with Crippen LogP contribution >= 0.6 is 27.5 Å². The fourth-order valence-electron chi connectivity index (χ4n) is 4.10. The minimum absolute atomic E-state index is 0.132. The highest BCUT2D eigenvalue weighted by Crippen LogP contribution is 2.35. The van der Waals surface area contributed by atoms with Crippen LogP contribution in [0.25, 0.3) is 22.3 Å². The fraction of sp³-hybridized carbons (Fsp3) is 0.241. The standard InChI is InChI=1S/C29H26BrClN4O3/c1-5-37-26-12-18(4)22(15-21(26)17(2)3)28-34-25-9-7-6-8-20(25)29(36)35(28)33-16-19-13-23(30)27(24(31)14-19)38-11-10-32/h6-9,12-17H,5,11H2,1-4H3. The zero-order valence-corrected chi connectivity index (χ0v) is 23.8. The Balaban J connectivity index is 1.91. The number of hydrogen-bond acceptors (Lipinski definition) is 6. The number of nitrogens with zero attached hydrogens (tertiary/aromatic N) is 4. The van der Waals surface area contributed by atoms with Gasteiger partial charge in [0.15, 0.2) is 18.2 Å². The second-order valence-corrected chi connectivity index (χ2v) is 10.1. The number of hydrogen-bond donors (Lipinski definition) is 0. The first-order valence-corrected chi connectivity index (χ1v) is 13.2. The molecule has 0 aliphatic heterocycles. The van der Waals surface area contributed by atoms with E-state index in [1.165, 1.54) is 4.68 Å². The number of aryl methyl sites for hydroxylation is 1. The lowest BCUT2D eigenvalue weighted by molar-refractivity contribution is 0.335. The van der Waals surface area contributed by atoms with E-state index in [1.807, 2.05) is 44.2 Å². The molecule has 3 aromatic carbocycles. The Labute approximate surface area is 234 Å². The Kier molecular flexibility index (Phi) is 8.50. The van der Waals surface area contributed by atoms with Crippen LogP contribution in [0.5, 0.6) is 11.5 Å². The van der Waals surface area contributed by atoms with Crippen LogP contribution in [0.4, 0.5) is 0 Å². The summed E-state index contributed by atoms with van der Waals surface area (Å²) >= 11 is 9.81. The van der Waals surface area contributed by atoms with Crippen molar-refractivity contribution < 1.29 is 9.47 Å². The average molecular weight is 594 g/mol. The zero-order valence-electron chi connectivity index (χ0n) is 21.5. The summed E-state index contributed by atoms with van der Waals surface area (Å²) in [5.41, 5.74) is 3.64. The van der Waals surface area contributed by atoms with E-state index in [9.17, 15) is 4.79 Å². The van der Waals surface area contributed by atoms with Crippen molar-refractivity contribution in [1.82, 2.24) is 9.66 Å². The van der Waals surface area contributed by atoms with Crippen LogP contribution in [0.2, 0.25) is 5.02 Å². The van der Waals surface area contributed by atoms with Gasteiger partial charge in [-0.3, -0.25) is 4.79 Å². The van der Waals surface area contributed by atoms with E-state index < -0.39 is 0 Å². The quantitative estimate of drug-likeness (QED) is 0.203. The predicted octanol–water partition coefficient (Wildman–Crippen LogP) is 7.09. The van der Waals surface area contributed by atoms with Crippen molar-refractivity contribution in [3.05, 3.63) is 85.1 Å². The molecule has 0 N–H and O–H groups in total. The molecule has 0 saturated carbocycles. The van der Waals surface area contributed by atoms with Gasteiger partial charge in [0.1, 0.15) is 11.8 Å². The molecule has 9 heteroatoms. The maximum atomic E-state index is 13.6. The van der Waals surface area contributed by atoms with Gasteiger partial charge in [-0.2, -0.15) is 15.0 Å². The monoisotopic (exact) mass is 592 g/mol. The number of rotatable bonds is 8. The topological polar surface area (TPSA) is 89.5 Å². The van der Waals surface area contributed by atoms with E-state index in [1.54, 1.807) is 30.5 Å². The molecule has 38 heavy (non-hydrogen) atoms. The molecule has 0 saturated heterocycles. The molecule has 1 aromatic heterocycles. The predicted molar refractivity (Wildman–Crippen MR) is 155 cm³/mol. The van der Waals surface area contributed by atoms with E-state index in [0.717, 1.165) is 22.4 Å². The van der Waals surface area contributed by atoms with Gasteiger partial charge in [-0.1, -0.05) is 37.6 Å². The van der Waals surface area contributed by atoms with Crippen LogP contribution in [0, 0.1) is 18.3 Å². The largest absolute Gasteiger partial charge is 0.494 e. The summed E-state index contributed by atoms with van der Waals surface area (Å²) in [6, 6.07) is 16.5. The number of ether oxygens (including phenoxy) is 2. The van der Waals surface area contributed by atoms with Gasteiger partial charge in [-0.05, 0) is 88.8 Å². The van der Waals surface area contributed by atoms with Crippen molar-refractivity contribution in [1.29, 1.82) is 5.26 Å². The highest BCUT2D eigenvalue weighted by Gasteiger charge is 2.18. The lowest BCUT2D eigenvalue weighted by Crippen LogP contribution is -2.21. The van der Waals surface area contributed by atoms with Gasteiger partial charge in [0, 0.05) is 5.56 Å². The maximum Gasteiger partial charge on any atom is 0.282 e. The first-order chi connectivity index (χ1) is 18.2.